The molecule has 0 fully saturated rings. The Hall–Kier alpha value is -2.55. The van der Waals surface area contributed by atoms with Gasteiger partial charge in [-0.05, 0) is 23.6 Å². The second kappa shape index (κ2) is 9.23. The van der Waals surface area contributed by atoms with Gasteiger partial charge in [0.1, 0.15) is 0 Å². The maximum absolute atomic E-state index is 13.5. The Bertz CT molecular complexity index is 781. The zero-order valence-corrected chi connectivity index (χ0v) is 15.1. The van der Waals surface area contributed by atoms with E-state index in [-0.39, 0.29) is 12.5 Å². The molecule has 140 valence electrons. The number of aliphatic imine (C=N–C) groups is 1. The number of thiophene rings is 1. The van der Waals surface area contributed by atoms with Crippen LogP contribution in [0.2, 0.25) is 0 Å². The lowest BCUT2D eigenvalue weighted by Crippen LogP contribution is -2.42. The van der Waals surface area contributed by atoms with Gasteiger partial charge in [0, 0.05) is 24.4 Å². The fraction of sp³-hybridized carbons (Fsp3) is 0.294. The third-order valence-corrected chi connectivity index (χ3v) is 4.66. The molecular weight excluding hydrogens is 365 g/mol. The van der Waals surface area contributed by atoms with E-state index in [0.29, 0.717) is 12.5 Å². The topological polar surface area (TPSA) is 65.5 Å². The monoisotopic (exact) mass is 384 g/mol. The van der Waals surface area contributed by atoms with E-state index in [9.17, 15) is 18.0 Å². The summed E-state index contributed by atoms with van der Waals surface area (Å²) in [4.78, 5) is 17.1. The van der Waals surface area contributed by atoms with Crippen molar-refractivity contribution in [3.8, 4) is 0 Å². The van der Waals surface area contributed by atoms with Gasteiger partial charge in [-0.3, -0.25) is 9.79 Å². The number of anilines is 1. The van der Waals surface area contributed by atoms with Crippen molar-refractivity contribution in [2.45, 2.75) is 12.8 Å². The molecule has 0 saturated heterocycles. The van der Waals surface area contributed by atoms with Crippen LogP contribution >= 0.6 is 11.3 Å². The zero-order chi connectivity index (χ0) is 19.1. The third-order valence-electron chi connectivity index (χ3n) is 3.55. The highest BCUT2D eigenvalue weighted by Gasteiger charge is 2.15. The van der Waals surface area contributed by atoms with E-state index >= 15 is 0 Å². The minimum Gasteiger partial charge on any atom is -0.356 e. The molecule has 2 rings (SSSR count). The molecule has 9 heteroatoms. The highest BCUT2D eigenvalue weighted by atomic mass is 32.1. The molecule has 0 saturated carbocycles. The summed E-state index contributed by atoms with van der Waals surface area (Å²) in [6.45, 7) is 2.45. The molecule has 1 atom stereocenters. The highest BCUT2D eigenvalue weighted by molar-refractivity contribution is 7.10. The molecule has 1 heterocycles. The summed E-state index contributed by atoms with van der Waals surface area (Å²) < 4.78 is 39.6. The van der Waals surface area contributed by atoms with Crippen LogP contribution < -0.4 is 16.0 Å². The minimum absolute atomic E-state index is 0.217. The van der Waals surface area contributed by atoms with Gasteiger partial charge in [-0.1, -0.05) is 13.0 Å². The molecule has 1 unspecified atom stereocenters. The van der Waals surface area contributed by atoms with Gasteiger partial charge in [-0.15, -0.1) is 11.3 Å². The van der Waals surface area contributed by atoms with Crippen molar-refractivity contribution in [3.63, 3.8) is 0 Å². The maximum atomic E-state index is 13.5. The van der Waals surface area contributed by atoms with Gasteiger partial charge in [0.2, 0.25) is 5.91 Å². The van der Waals surface area contributed by atoms with Crippen LogP contribution in [0.4, 0.5) is 18.9 Å². The minimum atomic E-state index is -1.63. The van der Waals surface area contributed by atoms with Crippen LogP contribution in [0.25, 0.3) is 0 Å². The molecule has 3 N–H and O–H groups in total. The maximum Gasteiger partial charge on any atom is 0.243 e. The van der Waals surface area contributed by atoms with Crippen molar-refractivity contribution in [1.82, 2.24) is 10.6 Å². The summed E-state index contributed by atoms with van der Waals surface area (Å²) in [6, 6.07) is 5.72. The van der Waals surface area contributed by atoms with Crippen LogP contribution in [0.3, 0.4) is 0 Å². The molecule has 1 aromatic heterocycles. The molecule has 0 aliphatic heterocycles. The van der Waals surface area contributed by atoms with Gasteiger partial charge in [-0.25, -0.2) is 13.2 Å². The van der Waals surface area contributed by atoms with Gasteiger partial charge >= 0.3 is 0 Å². The number of hydrogen-bond acceptors (Lipinski definition) is 3. The number of carbonyl (C=O) groups is 1. The first kappa shape index (κ1) is 19.8. The summed E-state index contributed by atoms with van der Waals surface area (Å²) in [5.41, 5.74) is -0.426. The van der Waals surface area contributed by atoms with Gasteiger partial charge in [0.15, 0.2) is 23.4 Å². The number of halogens is 3. The van der Waals surface area contributed by atoms with E-state index in [1.54, 1.807) is 18.4 Å². The Labute approximate surface area is 153 Å². The summed E-state index contributed by atoms with van der Waals surface area (Å²) in [6.07, 6.45) is 0. The van der Waals surface area contributed by atoms with E-state index in [4.69, 9.17) is 0 Å². The van der Waals surface area contributed by atoms with Crippen LogP contribution in [0, 0.1) is 17.5 Å². The Kier molecular flexibility index (Phi) is 7.02. The first-order valence-electron chi connectivity index (χ1n) is 7.83. The van der Waals surface area contributed by atoms with Crippen LogP contribution in [-0.4, -0.2) is 32.0 Å². The fourth-order valence-electron chi connectivity index (χ4n) is 2.12. The molecule has 0 aliphatic rings. The smallest absolute Gasteiger partial charge is 0.243 e. The largest absolute Gasteiger partial charge is 0.356 e. The number of nitrogens with one attached hydrogen (secondary N) is 3. The average Bonchev–Trinajstić information content (AvgIpc) is 3.17. The first-order valence-corrected chi connectivity index (χ1v) is 8.71. The summed E-state index contributed by atoms with van der Waals surface area (Å²) in [5.74, 6) is -4.35. The number of guanidine groups is 1. The van der Waals surface area contributed by atoms with Crippen molar-refractivity contribution in [3.05, 3.63) is 52.0 Å². The highest BCUT2D eigenvalue weighted by Crippen LogP contribution is 2.20. The molecule has 2 aromatic rings. The SMILES string of the molecule is CN=C(NCC(=O)Nc1ccc(F)c(F)c1F)NCC(C)c1cccs1. The number of hydrogen-bond donors (Lipinski definition) is 3. The summed E-state index contributed by atoms with van der Waals surface area (Å²) in [5, 5.41) is 10.0. The quantitative estimate of drug-likeness (QED) is 0.407. The van der Waals surface area contributed by atoms with Crippen LogP contribution in [0.15, 0.2) is 34.6 Å². The second-order valence-electron chi connectivity index (χ2n) is 5.49. The van der Waals surface area contributed by atoms with E-state index in [1.165, 1.54) is 4.88 Å². The predicted octanol–water partition coefficient (Wildman–Crippen LogP) is 3.07. The number of carbonyl (C=O) groups excluding carboxylic acids is 1. The van der Waals surface area contributed by atoms with E-state index < -0.39 is 29.0 Å². The second-order valence-corrected chi connectivity index (χ2v) is 6.47. The van der Waals surface area contributed by atoms with Crippen LogP contribution in [0.5, 0.6) is 0 Å². The fourth-order valence-corrected chi connectivity index (χ4v) is 2.91. The van der Waals surface area contributed by atoms with E-state index in [1.807, 2.05) is 17.5 Å². The summed E-state index contributed by atoms with van der Waals surface area (Å²) >= 11 is 1.66. The van der Waals surface area contributed by atoms with Crippen molar-refractivity contribution >= 4 is 28.9 Å². The van der Waals surface area contributed by atoms with Gasteiger partial charge in [0.25, 0.3) is 0 Å². The molecule has 5 nitrogen and oxygen atoms in total. The number of benzene rings is 1. The van der Waals surface area contributed by atoms with Crippen molar-refractivity contribution in [1.29, 1.82) is 0 Å². The zero-order valence-electron chi connectivity index (χ0n) is 14.3. The molecule has 26 heavy (non-hydrogen) atoms. The lowest BCUT2D eigenvalue weighted by molar-refractivity contribution is -0.115. The molecule has 0 bridgehead atoms. The normalized spacial score (nSPS) is 12.6. The van der Waals surface area contributed by atoms with Gasteiger partial charge in [-0.2, -0.15) is 0 Å². The lowest BCUT2D eigenvalue weighted by Gasteiger charge is -2.15. The van der Waals surface area contributed by atoms with Crippen molar-refractivity contribution < 1.29 is 18.0 Å². The lowest BCUT2D eigenvalue weighted by atomic mass is 10.1. The van der Waals surface area contributed by atoms with Crippen LogP contribution in [0.1, 0.15) is 17.7 Å². The Morgan fingerprint density at radius 3 is 2.62 bits per heavy atom. The Morgan fingerprint density at radius 2 is 1.96 bits per heavy atom. The molecule has 0 aliphatic carbocycles. The number of nitrogens with zero attached hydrogens (tertiary/aromatic N) is 1. The molecule has 0 radical (unpaired) electrons. The standard InChI is InChI=1S/C17H19F3N4OS/c1-10(13-4-3-7-26-13)8-22-17(21-2)23-9-14(25)24-12-6-5-11(18)15(19)16(12)20/h3-7,10H,8-9H2,1-2H3,(H,24,25)(H2,21,22,23). The van der Waals surface area contributed by atoms with Crippen molar-refractivity contribution in [2.75, 3.05) is 25.5 Å². The van der Waals surface area contributed by atoms with Gasteiger partial charge < -0.3 is 16.0 Å². The first-order chi connectivity index (χ1) is 12.4. The van der Waals surface area contributed by atoms with Crippen molar-refractivity contribution in [2.24, 2.45) is 4.99 Å². The number of amides is 1. The van der Waals surface area contributed by atoms with E-state index in [2.05, 4.69) is 27.9 Å². The van der Waals surface area contributed by atoms with E-state index in [0.717, 1.165) is 12.1 Å². The molecule has 1 aromatic carbocycles. The Balaban J connectivity index is 1.82. The molecule has 1 amide bonds. The third kappa shape index (κ3) is 5.22. The average molecular weight is 384 g/mol. The number of rotatable bonds is 6. The van der Waals surface area contributed by atoms with Gasteiger partial charge in [0.05, 0.1) is 12.2 Å². The Morgan fingerprint density at radius 1 is 1.19 bits per heavy atom. The predicted molar refractivity (Wildman–Crippen MR) is 97.0 cm³/mol. The molecular formula is C17H19F3N4OS. The molecule has 0 spiro atoms. The van der Waals surface area contributed by atoms with Crippen LogP contribution in [-0.2, 0) is 4.79 Å². The summed E-state index contributed by atoms with van der Waals surface area (Å²) in [7, 11) is 1.55.